The fourth-order valence-electron chi connectivity index (χ4n) is 2.04. The number of hydrogen-bond donors (Lipinski definition) is 0. The number of rotatable bonds is 3. The summed E-state index contributed by atoms with van der Waals surface area (Å²) in [7, 11) is 0. The average molecular weight is 368 g/mol. The summed E-state index contributed by atoms with van der Waals surface area (Å²) in [6.07, 6.45) is 1.00. The summed E-state index contributed by atoms with van der Waals surface area (Å²) in [4.78, 5) is 0.342. The minimum absolute atomic E-state index is 0.342. The van der Waals surface area contributed by atoms with Crippen LogP contribution in [0, 0.1) is 13.8 Å². The maximum atomic E-state index is 3.79. The van der Waals surface area contributed by atoms with Crippen molar-refractivity contribution in [2.45, 2.75) is 25.1 Å². The summed E-state index contributed by atoms with van der Waals surface area (Å²) < 4.78 is 1.18. The minimum Gasteiger partial charge on any atom is -0.0835 e. The van der Waals surface area contributed by atoms with Crippen LogP contribution in [-0.2, 0) is 6.42 Å². The lowest BCUT2D eigenvalue weighted by atomic mass is 10.0. The third-order valence-corrected chi connectivity index (χ3v) is 4.49. The van der Waals surface area contributed by atoms with E-state index in [-0.39, 0.29) is 0 Å². The van der Waals surface area contributed by atoms with Crippen molar-refractivity contribution in [1.29, 1.82) is 0 Å². The number of aryl methyl sites for hydroxylation is 2. The third-order valence-electron chi connectivity index (χ3n) is 2.99. The lowest BCUT2D eigenvalue weighted by molar-refractivity contribution is 0.940. The zero-order chi connectivity index (χ0) is 13.1. The predicted molar refractivity (Wildman–Crippen MR) is 85.4 cm³/mol. The van der Waals surface area contributed by atoms with E-state index < -0.39 is 0 Å². The van der Waals surface area contributed by atoms with Gasteiger partial charge in [0.1, 0.15) is 0 Å². The fraction of sp³-hybridized carbons (Fsp3) is 0.250. The van der Waals surface area contributed by atoms with Crippen molar-refractivity contribution in [3.63, 3.8) is 0 Å². The van der Waals surface area contributed by atoms with Crippen molar-refractivity contribution in [2.24, 2.45) is 0 Å². The molecule has 0 radical (unpaired) electrons. The van der Waals surface area contributed by atoms with Gasteiger partial charge < -0.3 is 0 Å². The molecule has 2 aromatic rings. The Kier molecular flexibility index (Phi) is 4.63. The molecule has 0 saturated heterocycles. The Labute approximate surface area is 126 Å². The molecular weight excluding hydrogens is 352 g/mol. The highest BCUT2D eigenvalue weighted by Gasteiger charge is 2.12. The van der Waals surface area contributed by atoms with Crippen molar-refractivity contribution in [3.8, 4) is 0 Å². The summed E-state index contributed by atoms with van der Waals surface area (Å²) in [5.41, 5.74) is 5.27. The Hall–Kier alpha value is -0.600. The van der Waals surface area contributed by atoms with Crippen LogP contribution in [0.15, 0.2) is 46.9 Å². The Morgan fingerprint density at radius 2 is 1.72 bits per heavy atom. The van der Waals surface area contributed by atoms with Crippen molar-refractivity contribution in [2.75, 3.05) is 0 Å². The van der Waals surface area contributed by atoms with E-state index in [1.807, 2.05) is 0 Å². The first-order valence-corrected chi connectivity index (χ1v) is 7.73. The Bertz CT molecular complexity index is 547. The Balaban J connectivity index is 2.19. The number of halogens is 2. The molecule has 0 nitrogen and oxygen atoms in total. The van der Waals surface area contributed by atoms with Crippen LogP contribution >= 0.6 is 31.9 Å². The van der Waals surface area contributed by atoms with Crippen LogP contribution in [0.2, 0.25) is 0 Å². The summed E-state index contributed by atoms with van der Waals surface area (Å²) >= 11 is 7.44. The maximum Gasteiger partial charge on any atom is 0.0446 e. The standard InChI is InChI=1S/C16H16Br2/c1-11-4-3-5-13(8-11)10-16(18)14-7-6-12(2)9-15(14)17/h3-9,16H,10H2,1-2H3. The monoisotopic (exact) mass is 366 g/mol. The molecular formula is C16H16Br2. The zero-order valence-corrected chi connectivity index (χ0v) is 13.8. The lowest BCUT2D eigenvalue weighted by Crippen LogP contribution is -1.97. The van der Waals surface area contributed by atoms with E-state index in [0.29, 0.717) is 4.83 Å². The molecule has 2 aromatic carbocycles. The van der Waals surface area contributed by atoms with E-state index in [0.717, 1.165) is 6.42 Å². The molecule has 1 unspecified atom stereocenters. The second kappa shape index (κ2) is 6.03. The zero-order valence-electron chi connectivity index (χ0n) is 10.6. The van der Waals surface area contributed by atoms with Gasteiger partial charge in [0.2, 0.25) is 0 Å². The van der Waals surface area contributed by atoms with Gasteiger partial charge in [-0.3, -0.25) is 0 Å². The van der Waals surface area contributed by atoms with Crippen LogP contribution in [0.3, 0.4) is 0 Å². The predicted octanol–water partition coefficient (Wildman–Crippen LogP) is 5.74. The first-order valence-electron chi connectivity index (χ1n) is 6.02. The van der Waals surface area contributed by atoms with Gasteiger partial charge in [0, 0.05) is 9.30 Å². The molecule has 0 bridgehead atoms. The number of alkyl halides is 1. The second-order valence-electron chi connectivity index (χ2n) is 4.69. The molecule has 1 atom stereocenters. The average Bonchev–Trinajstić information content (AvgIpc) is 2.28. The summed E-state index contributed by atoms with van der Waals surface area (Å²) in [6, 6.07) is 15.2. The topological polar surface area (TPSA) is 0 Å². The van der Waals surface area contributed by atoms with Crippen molar-refractivity contribution in [3.05, 3.63) is 69.2 Å². The van der Waals surface area contributed by atoms with Gasteiger partial charge in [0.15, 0.2) is 0 Å². The summed E-state index contributed by atoms with van der Waals surface area (Å²) in [5.74, 6) is 0. The van der Waals surface area contributed by atoms with Crippen molar-refractivity contribution < 1.29 is 0 Å². The molecule has 0 fully saturated rings. The molecule has 0 heterocycles. The molecule has 18 heavy (non-hydrogen) atoms. The van der Waals surface area contributed by atoms with E-state index in [9.17, 15) is 0 Å². The van der Waals surface area contributed by atoms with Gasteiger partial charge in [0.25, 0.3) is 0 Å². The Morgan fingerprint density at radius 3 is 2.39 bits per heavy atom. The van der Waals surface area contributed by atoms with E-state index in [1.54, 1.807) is 0 Å². The molecule has 0 aromatic heterocycles. The van der Waals surface area contributed by atoms with Crippen LogP contribution < -0.4 is 0 Å². The normalized spacial score (nSPS) is 12.4. The molecule has 2 rings (SSSR count). The molecule has 0 spiro atoms. The van der Waals surface area contributed by atoms with Gasteiger partial charge in [-0.25, -0.2) is 0 Å². The SMILES string of the molecule is Cc1cccc(CC(Br)c2ccc(C)cc2Br)c1. The number of hydrogen-bond acceptors (Lipinski definition) is 0. The second-order valence-corrected chi connectivity index (χ2v) is 6.65. The van der Waals surface area contributed by atoms with Crippen LogP contribution in [0.1, 0.15) is 27.1 Å². The minimum atomic E-state index is 0.342. The van der Waals surface area contributed by atoms with Gasteiger partial charge in [0.05, 0.1) is 0 Å². The molecule has 0 amide bonds. The van der Waals surface area contributed by atoms with E-state index in [4.69, 9.17) is 0 Å². The van der Waals surface area contributed by atoms with Crippen LogP contribution in [0.5, 0.6) is 0 Å². The van der Waals surface area contributed by atoms with E-state index >= 15 is 0 Å². The van der Waals surface area contributed by atoms with Crippen molar-refractivity contribution >= 4 is 31.9 Å². The van der Waals surface area contributed by atoms with Crippen LogP contribution in [0.4, 0.5) is 0 Å². The molecule has 0 saturated carbocycles. The Morgan fingerprint density at radius 1 is 1.00 bits per heavy atom. The highest BCUT2D eigenvalue weighted by Crippen LogP contribution is 2.33. The molecule has 0 N–H and O–H groups in total. The van der Waals surface area contributed by atoms with E-state index in [1.165, 1.54) is 26.7 Å². The number of benzene rings is 2. The van der Waals surface area contributed by atoms with Gasteiger partial charge in [-0.05, 0) is 43.0 Å². The molecule has 94 valence electrons. The van der Waals surface area contributed by atoms with E-state index in [2.05, 4.69) is 88.2 Å². The van der Waals surface area contributed by atoms with Crippen LogP contribution in [-0.4, -0.2) is 0 Å². The van der Waals surface area contributed by atoms with Crippen LogP contribution in [0.25, 0.3) is 0 Å². The van der Waals surface area contributed by atoms with Gasteiger partial charge in [-0.15, -0.1) is 0 Å². The highest BCUT2D eigenvalue weighted by atomic mass is 79.9. The third kappa shape index (κ3) is 3.46. The smallest absolute Gasteiger partial charge is 0.0446 e. The molecule has 0 aliphatic rings. The first-order chi connectivity index (χ1) is 8.56. The molecule has 0 aliphatic carbocycles. The first kappa shape index (κ1) is 13.8. The molecule has 2 heteroatoms. The van der Waals surface area contributed by atoms with Crippen molar-refractivity contribution in [1.82, 2.24) is 0 Å². The maximum absolute atomic E-state index is 3.79. The fourth-order valence-corrected chi connectivity index (χ4v) is 3.89. The largest absolute Gasteiger partial charge is 0.0835 e. The quantitative estimate of drug-likeness (QED) is 0.606. The lowest BCUT2D eigenvalue weighted by Gasteiger charge is -2.13. The highest BCUT2D eigenvalue weighted by molar-refractivity contribution is 9.11. The van der Waals surface area contributed by atoms with Gasteiger partial charge in [-0.2, -0.15) is 0 Å². The van der Waals surface area contributed by atoms with Gasteiger partial charge in [-0.1, -0.05) is 73.8 Å². The molecule has 0 aliphatic heterocycles. The van der Waals surface area contributed by atoms with Gasteiger partial charge >= 0.3 is 0 Å². The summed E-state index contributed by atoms with van der Waals surface area (Å²) in [6.45, 7) is 4.24. The summed E-state index contributed by atoms with van der Waals surface area (Å²) in [5, 5.41) is 0.